The van der Waals surface area contributed by atoms with E-state index in [1.54, 1.807) is 11.8 Å². The molecule has 1 heterocycles. The number of rotatable bonds is 5. The van der Waals surface area contributed by atoms with Gasteiger partial charge in [-0.25, -0.2) is 4.79 Å². The second-order valence-electron chi connectivity index (χ2n) is 5.28. The maximum atomic E-state index is 11.9. The molecule has 19 heavy (non-hydrogen) atoms. The summed E-state index contributed by atoms with van der Waals surface area (Å²) in [5.41, 5.74) is 0. The first kappa shape index (κ1) is 15.8. The van der Waals surface area contributed by atoms with E-state index in [4.69, 9.17) is 9.84 Å². The monoisotopic (exact) mass is 272 g/mol. The average molecular weight is 272 g/mol. The summed E-state index contributed by atoms with van der Waals surface area (Å²) in [6.45, 7) is 7.28. The first-order chi connectivity index (χ1) is 8.90. The molecule has 0 aromatic heterocycles. The fourth-order valence-electron chi connectivity index (χ4n) is 2.18. The molecule has 0 spiro atoms. The Morgan fingerprint density at radius 2 is 1.95 bits per heavy atom. The summed E-state index contributed by atoms with van der Waals surface area (Å²) in [4.78, 5) is 24.3. The van der Waals surface area contributed by atoms with Crippen LogP contribution in [0.5, 0.6) is 0 Å². The van der Waals surface area contributed by atoms with Gasteiger partial charge in [0.2, 0.25) is 0 Å². The van der Waals surface area contributed by atoms with Crippen molar-refractivity contribution in [3.8, 4) is 0 Å². The van der Waals surface area contributed by atoms with Gasteiger partial charge in [-0.3, -0.25) is 4.79 Å². The fourth-order valence-corrected chi connectivity index (χ4v) is 2.18. The minimum atomic E-state index is -0.790. The average Bonchev–Trinajstić information content (AvgIpc) is 2.32. The predicted molar refractivity (Wildman–Crippen MR) is 71.0 cm³/mol. The number of morpholine rings is 1. The fraction of sp³-hybridized carbons (Fsp3) is 0.846. The Bertz CT molecular complexity index is 312. The third-order valence-electron chi connectivity index (χ3n) is 3.22. The molecule has 1 saturated heterocycles. The van der Waals surface area contributed by atoms with Crippen LogP contribution in [-0.4, -0.2) is 53.8 Å². The summed E-state index contributed by atoms with van der Waals surface area (Å²) in [5.74, 6) is -1.15. The number of carboxylic acid groups (broad SMARTS) is 1. The van der Waals surface area contributed by atoms with Crippen LogP contribution in [0.3, 0.4) is 0 Å². The molecule has 0 saturated carbocycles. The van der Waals surface area contributed by atoms with E-state index >= 15 is 0 Å². The maximum Gasteiger partial charge on any atom is 0.317 e. The molecule has 0 aromatic rings. The molecule has 2 amide bonds. The minimum Gasteiger partial charge on any atom is -0.481 e. The molecule has 1 fully saturated rings. The molecule has 6 heteroatoms. The van der Waals surface area contributed by atoms with Gasteiger partial charge in [0.05, 0.1) is 18.1 Å². The first-order valence-electron chi connectivity index (χ1n) is 6.81. The molecule has 0 aliphatic carbocycles. The van der Waals surface area contributed by atoms with E-state index in [1.807, 2.05) is 13.8 Å². The quantitative estimate of drug-likeness (QED) is 0.740. The molecule has 2 N–H and O–H groups in total. The number of aliphatic carboxylic acids is 1. The highest BCUT2D eigenvalue weighted by Crippen LogP contribution is 2.10. The van der Waals surface area contributed by atoms with Crippen molar-refractivity contribution in [2.45, 2.75) is 45.8 Å². The van der Waals surface area contributed by atoms with Gasteiger partial charge in [-0.05, 0) is 26.7 Å². The number of hydrogen-bond donors (Lipinski definition) is 2. The summed E-state index contributed by atoms with van der Waals surface area (Å²) in [7, 11) is 0. The van der Waals surface area contributed by atoms with Crippen LogP contribution in [0.4, 0.5) is 4.79 Å². The number of amides is 2. The summed E-state index contributed by atoms with van der Waals surface area (Å²) < 4.78 is 5.56. The number of urea groups is 1. The van der Waals surface area contributed by atoms with Gasteiger partial charge in [0.25, 0.3) is 0 Å². The molecule has 1 unspecified atom stereocenters. The Morgan fingerprint density at radius 1 is 1.37 bits per heavy atom. The number of nitrogens with one attached hydrogen (secondary N) is 1. The van der Waals surface area contributed by atoms with Crippen LogP contribution in [0, 0.1) is 5.92 Å². The molecule has 0 bridgehead atoms. The lowest BCUT2D eigenvalue weighted by atomic mass is 10.1. The van der Waals surface area contributed by atoms with Gasteiger partial charge in [0.1, 0.15) is 0 Å². The van der Waals surface area contributed by atoms with Crippen molar-refractivity contribution in [3.05, 3.63) is 0 Å². The van der Waals surface area contributed by atoms with Crippen molar-refractivity contribution in [3.63, 3.8) is 0 Å². The molecule has 6 nitrogen and oxygen atoms in total. The van der Waals surface area contributed by atoms with Crippen molar-refractivity contribution < 1.29 is 19.4 Å². The molecule has 0 aromatic carbocycles. The van der Waals surface area contributed by atoms with Crippen LogP contribution < -0.4 is 5.32 Å². The molecule has 1 aliphatic rings. The van der Waals surface area contributed by atoms with Crippen molar-refractivity contribution in [2.75, 3.05) is 19.6 Å². The second kappa shape index (κ2) is 7.33. The Kier molecular flexibility index (Phi) is 6.08. The molecule has 1 rings (SSSR count). The molecule has 110 valence electrons. The SMILES string of the molecule is CC(CCCNC(=O)N1C[C@@H](C)O[C@@H](C)C1)C(=O)O. The molecular weight excluding hydrogens is 248 g/mol. The minimum absolute atomic E-state index is 0.0570. The highest BCUT2D eigenvalue weighted by atomic mass is 16.5. The number of carboxylic acids is 1. The predicted octanol–water partition coefficient (Wildman–Crippen LogP) is 1.31. The molecule has 1 aliphatic heterocycles. The molecule has 0 radical (unpaired) electrons. The first-order valence-corrected chi connectivity index (χ1v) is 6.81. The number of nitrogens with zero attached hydrogens (tertiary/aromatic N) is 1. The highest BCUT2D eigenvalue weighted by molar-refractivity contribution is 5.74. The zero-order valence-corrected chi connectivity index (χ0v) is 11.9. The summed E-state index contributed by atoms with van der Waals surface area (Å²) in [6, 6.07) is -0.0926. The van der Waals surface area contributed by atoms with Crippen LogP contribution in [0.2, 0.25) is 0 Å². The van der Waals surface area contributed by atoms with Crippen LogP contribution in [0.1, 0.15) is 33.6 Å². The van der Waals surface area contributed by atoms with Gasteiger partial charge in [0.15, 0.2) is 0 Å². The standard InChI is InChI=1S/C13H24N2O4/c1-9(12(16)17)5-4-6-14-13(18)15-7-10(2)19-11(3)8-15/h9-11H,4-8H2,1-3H3,(H,14,18)(H,16,17)/t9?,10-,11+. The van der Waals surface area contributed by atoms with Crippen molar-refractivity contribution in [1.29, 1.82) is 0 Å². The summed E-state index contributed by atoms with van der Waals surface area (Å²) in [5, 5.41) is 11.6. The van der Waals surface area contributed by atoms with Crippen LogP contribution in [0.15, 0.2) is 0 Å². The molecular formula is C13H24N2O4. The van der Waals surface area contributed by atoms with Gasteiger partial charge in [0, 0.05) is 19.6 Å². The van der Waals surface area contributed by atoms with Crippen molar-refractivity contribution in [2.24, 2.45) is 5.92 Å². The van der Waals surface area contributed by atoms with E-state index in [0.717, 1.165) is 0 Å². The second-order valence-corrected chi connectivity index (χ2v) is 5.28. The van der Waals surface area contributed by atoms with Crippen LogP contribution in [-0.2, 0) is 9.53 Å². The molecule has 3 atom stereocenters. The lowest BCUT2D eigenvalue weighted by Crippen LogP contribution is -2.51. The van der Waals surface area contributed by atoms with E-state index in [1.165, 1.54) is 0 Å². The van der Waals surface area contributed by atoms with E-state index in [9.17, 15) is 9.59 Å². The highest BCUT2D eigenvalue weighted by Gasteiger charge is 2.25. The number of carbonyl (C=O) groups is 2. The Labute approximate surface area is 114 Å². The van der Waals surface area contributed by atoms with Gasteiger partial charge in [-0.1, -0.05) is 6.92 Å². The van der Waals surface area contributed by atoms with Crippen LogP contribution >= 0.6 is 0 Å². The van der Waals surface area contributed by atoms with Gasteiger partial charge in [-0.2, -0.15) is 0 Å². The van der Waals surface area contributed by atoms with Gasteiger partial charge in [-0.15, -0.1) is 0 Å². The van der Waals surface area contributed by atoms with Gasteiger partial charge >= 0.3 is 12.0 Å². The zero-order valence-electron chi connectivity index (χ0n) is 11.9. The van der Waals surface area contributed by atoms with E-state index in [-0.39, 0.29) is 24.2 Å². The van der Waals surface area contributed by atoms with Gasteiger partial charge < -0.3 is 20.1 Å². The summed E-state index contributed by atoms with van der Waals surface area (Å²) >= 11 is 0. The number of hydrogen-bond acceptors (Lipinski definition) is 3. The summed E-state index contributed by atoms with van der Waals surface area (Å²) in [6.07, 6.45) is 1.36. The maximum absolute atomic E-state index is 11.9. The zero-order chi connectivity index (χ0) is 14.4. The Balaban J connectivity index is 2.22. The van der Waals surface area contributed by atoms with Crippen LogP contribution in [0.25, 0.3) is 0 Å². The van der Waals surface area contributed by atoms with E-state index < -0.39 is 5.97 Å². The largest absolute Gasteiger partial charge is 0.481 e. The number of ether oxygens (including phenoxy) is 1. The third-order valence-corrected chi connectivity index (χ3v) is 3.22. The van der Waals surface area contributed by atoms with E-state index in [0.29, 0.717) is 32.5 Å². The third kappa shape index (κ3) is 5.46. The van der Waals surface area contributed by atoms with Crippen molar-refractivity contribution in [1.82, 2.24) is 10.2 Å². The Morgan fingerprint density at radius 3 is 2.47 bits per heavy atom. The van der Waals surface area contributed by atoms with E-state index in [2.05, 4.69) is 5.32 Å². The van der Waals surface area contributed by atoms with Crippen molar-refractivity contribution >= 4 is 12.0 Å². The Hall–Kier alpha value is -1.30. The normalized spacial score (nSPS) is 24.9. The lowest BCUT2D eigenvalue weighted by Gasteiger charge is -2.35. The topological polar surface area (TPSA) is 78.9 Å². The lowest BCUT2D eigenvalue weighted by molar-refractivity contribution is -0.141. The smallest absolute Gasteiger partial charge is 0.317 e. The number of carbonyl (C=O) groups excluding carboxylic acids is 1.